The molecule has 0 saturated heterocycles. The van der Waals surface area contributed by atoms with E-state index in [9.17, 15) is 0 Å². The number of benzene rings is 4. The van der Waals surface area contributed by atoms with Crippen LogP contribution in [-0.4, -0.2) is 11.2 Å². The third kappa shape index (κ3) is 5.84. The summed E-state index contributed by atoms with van der Waals surface area (Å²) in [5.41, 5.74) is 17.2. The molecule has 240 valence electrons. The fourth-order valence-corrected chi connectivity index (χ4v) is 7.11. The van der Waals surface area contributed by atoms with Crippen LogP contribution < -0.4 is 4.90 Å². The summed E-state index contributed by atoms with van der Waals surface area (Å²) >= 11 is 0. The molecule has 0 radical (unpaired) electrons. The van der Waals surface area contributed by atoms with Crippen LogP contribution in [-0.2, 0) is 0 Å². The van der Waals surface area contributed by atoms with Gasteiger partial charge in [-0.05, 0) is 113 Å². The van der Waals surface area contributed by atoms with Crippen LogP contribution in [0, 0.1) is 0 Å². The first-order valence-corrected chi connectivity index (χ1v) is 17.2. The van der Waals surface area contributed by atoms with Gasteiger partial charge in [-0.2, -0.15) is 0 Å². The van der Waals surface area contributed by atoms with Gasteiger partial charge in [0.2, 0.25) is 0 Å². The van der Waals surface area contributed by atoms with E-state index in [1.807, 2.05) is 36.6 Å². The smallest absolute Gasteiger partial charge is 0.0893 e. The maximum Gasteiger partial charge on any atom is 0.0893 e. The molecule has 2 heterocycles. The topological polar surface area (TPSA) is 28.5 Å². The normalized spacial score (nSPS) is 15.8. The Morgan fingerprint density at radius 3 is 2.08 bits per heavy atom. The Labute approximate surface area is 294 Å². The lowest BCUT2D eigenvalue weighted by molar-refractivity contribution is 1.25. The van der Waals surface area contributed by atoms with Gasteiger partial charge in [0.05, 0.1) is 17.1 Å². The van der Waals surface area contributed by atoms with Gasteiger partial charge >= 0.3 is 0 Å². The van der Waals surface area contributed by atoms with E-state index in [-0.39, 0.29) is 0 Å². The summed E-state index contributed by atoms with van der Waals surface area (Å²) < 4.78 is 0. The predicted octanol–water partition coefficient (Wildman–Crippen LogP) is 12.4. The van der Waals surface area contributed by atoms with Crippen LogP contribution in [0.25, 0.3) is 33.7 Å². The van der Waals surface area contributed by atoms with E-state index in [0.29, 0.717) is 0 Å². The van der Waals surface area contributed by atoms with Crippen LogP contribution in [0.15, 0.2) is 187 Å². The highest BCUT2D eigenvalue weighted by Crippen LogP contribution is 2.49. The largest absolute Gasteiger partial charge is 0.311 e. The highest BCUT2D eigenvalue weighted by Gasteiger charge is 2.29. The first-order valence-electron chi connectivity index (χ1n) is 17.2. The molecule has 0 bridgehead atoms. The number of aromatic nitrogens is 1. The monoisotopic (exact) mass is 643 g/mol. The first kappa shape index (κ1) is 31.0. The molecule has 0 saturated carbocycles. The van der Waals surface area contributed by atoms with Gasteiger partial charge in [0.15, 0.2) is 0 Å². The van der Waals surface area contributed by atoms with Gasteiger partial charge in [0.1, 0.15) is 0 Å². The van der Waals surface area contributed by atoms with Crippen LogP contribution in [0.2, 0.25) is 0 Å². The second-order valence-corrected chi connectivity index (χ2v) is 12.5. The average molecular weight is 644 g/mol. The summed E-state index contributed by atoms with van der Waals surface area (Å²) in [6.07, 6.45) is 18.6. The van der Waals surface area contributed by atoms with Gasteiger partial charge in [0, 0.05) is 35.3 Å². The number of hydrogen-bond donors (Lipinski definition) is 0. The molecule has 2 aliphatic carbocycles. The zero-order valence-electron chi connectivity index (χ0n) is 28.1. The molecule has 1 aliphatic heterocycles. The van der Waals surface area contributed by atoms with Gasteiger partial charge < -0.3 is 4.90 Å². The fourth-order valence-electron chi connectivity index (χ4n) is 7.11. The molecule has 0 unspecified atom stereocenters. The van der Waals surface area contributed by atoms with E-state index in [4.69, 9.17) is 4.98 Å². The Hall–Kier alpha value is -6.32. The lowest BCUT2D eigenvalue weighted by Crippen LogP contribution is -2.09. The Balaban J connectivity index is 1.11. The van der Waals surface area contributed by atoms with E-state index in [1.165, 1.54) is 44.6 Å². The zero-order valence-corrected chi connectivity index (χ0v) is 28.1. The van der Waals surface area contributed by atoms with Gasteiger partial charge in [0.25, 0.3) is 0 Å². The number of aliphatic imine (C=N–C) groups is 1. The standard InChI is InChI=1S/C47H37N3/c1-3-33-32-36(25-30-43-42-17-11-10-16-41(42)40(4-2)47(33)43)34-21-26-38(27-22-34)50(37-14-7-5-8-15-37)39-28-23-35(24-29-39)44-19-13-20-46(49-44)45-18-9-6-12-31-48-45/h3-11,13-31H,1,12,32H2,2H3/b40-4-. The van der Waals surface area contributed by atoms with Crippen molar-refractivity contribution in [2.45, 2.75) is 19.8 Å². The van der Waals surface area contributed by atoms with Crippen molar-refractivity contribution in [3.8, 4) is 11.3 Å². The van der Waals surface area contributed by atoms with E-state index in [2.05, 4.69) is 157 Å². The van der Waals surface area contributed by atoms with Crippen molar-refractivity contribution >= 4 is 45.7 Å². The van der Waals surface area contributed by atoms with E-state index in [0.717, 1.165) is 52.6 Å². The van der Waals surface area contributed by atoms with Crippen LogP contribution in [0.1, 0.15) is 42.1 Å². The fraction of sp³-hybridized carbons (Fsp3) is 0.0638. The summed E-state index contributed by atoms with van der Waals surface area (Å²) in [5, 5.41) is 0. The van der Waals surface area contributed by atoms with E-state index < -0.39 is 0 Å². The lowest BCUT2D eigenvalue weighted by atomic mass is 9.92. The summed E-state index contributed by atoms with van der Waals surface area (Å²) in [5.74, 6) is 0. The van der Waals surface area contributed by atoms with Crippen molar-refractivity contribution in [1.29, 1.82) is 0 Å². The number of nitrogens with zero attached hydrogens (tertiary/aromatic N) is 3. The molecule has 4 aromatic carbocycles. The zero-order chi connectivity index (χ0) is 33.9. The molecule has 0 amide bonds. The molecule has 0 N–H and O–H groups in total. The quantitative estimate of drug-likeness (QED) is 0.177. The maximum absolute atomic E-state index is 4.96. The van der Waals surface area contributed by atoms with Crippen LogP contribution in [0.3, 0.4) is 0 Å². The van der Waals surface area contributed by atoms with Crippen molar-refractivity contribution < 1.29 is 0 Å². The first-order chi connectivity index (χ1) is 24.7. The molecular weight excluding hydrogens is 607 g/mol. The number of hydrogen-bond acceptors (Lipinski definition) is 3. The summed E-state index contributed by atoms with van der Waals surface area (Å²) in [7, 11) is 0. The molecule has 1 aromatic heterocycles. The van der Waals surface area contributed by atoms with Crippen molar-refractivity contribution in [1.82, 2.24) is 4.98 Å². The number of anilines is 3. The predicted molar refractivity (Wildman–Crippen MR) is 212 cm³/mol. The molecule has 3 heteroatoms. The van der Waals surface area contributed by atoms with Gasteiger partial charge in [-0.15, -0.1) is 0 Å². The van der Waals surface area contributed by atoms with Gasteiger partial charge in [-0.1, -0.05) is 116 Å². The highest BCUT2D eigenvalue weighted by atomic mass is 15.1. The van der Waals surface area contributed by atoms with Gasteiger partial charge in [-0.3, -0.25) is 4.99 Å². The number of allylic oxidation sites excluding steroid dienone is 12. The summed E-state index contributed by atoms with van der Waals surface area (Å²) in [4.78, 5) is 11.9. The second kappa shape index (κ2) is 13.7. The molecule has 0 spiro atoms. The molecule has 8 rings (SSSR count). The van der Waals surface area contributed by atoms with Gasteiger partial charge in [-0.25, -0.2) is 4.98 Å². The number of fused-ring (bicyclic) bond motifs is 3. The van der Waals surface area contributed by atoms with Crippen molar-refractivity contribution in [3.63, 3.8) is 0 Å². The Morgan fingerprint density at radius 1 is 0.660 bits per heavy atom. The Kier molecular flexibility index (Phi) is 8.46. The third-order valence-corrected chi connectivity index (χ3v) is 9.54. The number of pyridine rings is 1. The molecule has 0 fully saturated rings. The molecule has 5 aromatic rings. The van der Waals surface area contributed by atoms with Crippen LogP contribution in [0.5, 0.6) is 0 Å². The van der Waals surface area contributed by atoms with Crippen LogP contribution in [0.4, 0.5) is 17.1 Å². The Bertz CT molecular complexity index is 2310. The highest BCUT2D eigenvalue weighted by molar-refractivity contribution is 6.10. The molecule has 0 atom stereocenters. The van der Waals surface area contributed by atoms with Crippen molar-refractivity contribution in [2.24, 2.45) is 4.99 Å². The van der Waals surface area contributed by atoms with Crippen LogP contribution >= 0.6 is 0 Å². The minimum absolute atomic E-state index is 0.822. The number of rotatable bonds is 7. The molecule has 3 aliphatic rings. The lowest BCUT2D eigenvalue weighted by Gasteiger charge is -2.26. The minimum Gasteiger partial charge on any atom is -0.311 e. The van der Waals surface area contributed by atoms with E-state index in [1.54, 1.807) is 0 Å². The molecular formula is C47H37N3. The average Bonchev–Trinajstić information content (AvgIpc) is 3.36. The minimum atomic E-state index is 0.822. The second-order valence-electron chi connectivity index (χ2n) is 12.5. The third-order valence-electron chi connectivity index (χ3n) is 9.54. The molecule has 3 nitrogen and oxygen atoms in total. The molecule has 50 heavy (non-hydrogen) atoms. The van der Waals surface area contributed by atoms with E-state index >= 15 is 0 Å². The number of para-hydroxylation sites is 1. The SMILES string of the molecule is C=CC1=C2C(=CC=C(c3ccc(N(c4ccccc4)c4ccc(-c5cccc(C6=CC=CCC=N6)n5)cc4)cc3)C1)c1ccccc1/C2=C/C. The summed E-state index contributed by atoms with van der Waals surface area (Å²) in [6, 6.07) is 43.0. The van der Waals surface area contributed by atoms with Crippen molar-refractivity contribution in [2.75, 3.05) is 4.90 Å². The summed E-state index contributed by atoms with van der Waals surface area (Å²) in [6.45, 7) is 6.38. The maximum atomic E-state index is 4.96. The van der Waals surface area contributed by atoms with Crippen molar-refractivity contribution in [3.05, 3.63) is 204 Å². The Morgan fingerprint density at radius 2 is 1.34 bits per heavy atom.